The Kier molecular flexibility index (Phi) is 2.29. The van der Waals surface area contributed by atoms with Crippen molar-refractivity contribution in [1.29, 1.82) is 0 Å². The Bertz CT molecular complexity index is 561. The lowest BCUT2D eigenvalue weighted by molar-refractivity contribution is -0.131. The highest BCUT2D eigenvalue weighted by Gasteiger charge is 2.24. The van der Waals surface area contributed by atoms with E-state index in [1.807, 2.05) is 42.5 Å². The minimum Gasteiger partial charge on any atom is -0.453 e. The number of hydrogen-bond donors (Lipinski definition) is 0. The molecule has 0 amide bonds. The van der Waals surface area contributed by atoms with Crippen LogP contribution in [0.5, 0.6) is 17.2 Å². The van der Waals surface area contributed by atoms with Crippen molar-refractivity contribution in [2.45, 2.75) is 6.42 Å². The molecule has 0 aromatic heterocycles. The molecule has 84 valence electrons. The van der Waals surface area contributed by atoms with Crippen LogP contribution < -0.4 is 9.47 Å². The first-order valence-corrected chi connectivity index (χ1v) is 5.38. The molecular formula is C14H10O3. The van der Waals surface area contributed by atoms with Gasteiger partial charge in [-0.25, -0.2) is 0 Å². The summed E-state index contributed by atoms with van der Waals surface area (Å²) in [6.45, 7) is 0. The van der Waals surface area contributed by atoms with Crippen molar-refractivity contribution in [3.8, 4) is 17.2 Å². The lowest BCUT2D eigenvalue weighted by Crippen LogP contribution is -2.00. The summed E-state index contributed by atoms with van der Waals surface area (Å²) in [5.41, 5.74) is 0.878. The molecule has 17 heavy (non-hydrogen) atoms. The van der Waals surface area contributed by atoms with E-state index in [4.69, 9.17) is 9.47 Å². The molecule has 0 spiro atoms. The van der Waals surface area contributed by atoms with Crippen LogP contribution in [-0.2, 0) is 11.2 Å². The Balaban J connectivity index is 1.95. The molecule has 3 rings (SSSR count). The fourth-order valence-corrected chi connectivity index (χ4v) is 1.82. The molecule has 0 saturated carbocycles. The average molecular weight is 226 g/mol. The molecule has 0 atom stereocenters. The van der Waals surface area contributed by atoms with Crippen molar-refractivity contribution in [3.05, 3.63) is 54.1 Å². The molecule has 3 nitrogen and oxygen atoms in total. The van der Waals surface area contributed by atoms with Crippen molar-refractivity contribution in [3.63, 3.8) is 0 Å². The highest BCUT2D eigenvalue weighted by atomic mass is 16.6. The van der Waals surface area contributed by atoms with Gasteiger partial charge in [0.2, 0.25) is 0 Å². The van der Waals surface area contributed by atoms with E-state index in [2.05, 4.69) is 0 Å². The number of hydrogen-bond acceptors (Lipinski definition) is 3. The Hall–Kier alpha value is -2.29. The zero-order valence-corrected chi connectivity index (χ0v) is 9.05. The fraction of sp³-hybridized carbons (Fsp3) is 0.0714. The molecular weight excluding hydrogens is 216 g/mol. The number of para-hydroxylation sites is 2. The zero-order chi connectivity index (χ0) is 11.7. The second kappa shape index (κ2) is 3.94. The third-order valence-corrected chi connectivity index (χ3v) is 2.58. The van der Waals surface area contributed by atoms with Gasteiger partial charge >= 0.3 is 5.97 Å². The molecule has 1 heterocycles. The molecule has 0 saturated heterocycles. The van der Waals surface area contributed by atoms with Crippen LogP contribution in [-0.4, -0.2) is 5.97 Å². The highest BCUT2D eigenvalue weighted by molar-refractivity contribution is 5.82. The number of carbonyl (C=O) groups excluding carboxylic acids is 1. The minimum absolute atomic E-state index is 0.232. The van der Waals surface area contributed by atoms with E-state index in [0.29, 0.717) is 17.9 Å². The lowest BCUT2D eigenvalue weighted by atomic mass is 10.1. The van der Waals surface area contributed by atoms with Gasteiger partial charge in [-0.05, 0) is 18.2 Å². The van der Waals surface area contributed by atoms with E-state index in [9.17, 15) is 4.79 Å². The van der Waals surface area contributed by atoms with Crippen LogP contribution in [0.25, 0.3) is 0 Å². The number of benzene rings is 2. The summed E-state index contributed by atoms with van der Waals surface area (Å²) in [6.07, 6.45) is 0.321. The van der Waals surface area contributed by atoms with Crippen LogP contribution in [0.4, 0.5) is 0 Å². The third-order valence-electron chi connectivity index (χ3n) is 2.58. The zero-order valence-electron chi connectivity index (χ0n) is 9.05. The van der Waals surface area contributed by atoms with Gasteiger partial charge in [0.25, 0.3) is 0 Å². The summed E-state index contributed by atoms with van der Waals surface area (Å²) >= 11 is 0. The van der Waals surface area contributed by atoms with Gasteiger partial charge < -0.3 is 9.47 Å². The van der Waals surface area contributed by atoms with E-state index in [0.717, 1.165) is 11.3 Å². The number of ether oxygens (including phenoxy) is 2. The first-order valence-electron chi connectivity index (χ1n) is 5.38. The van der Waals surface area contributed by atoms with Gasteiger partial charge in [0.1, 0.15) is 5.75 Å². The number of esters is 1. The normalized spacial score (nSPS) is 13.1. The van der Waals surface area contributed by atoms with Crippen LogP contribution in [0.3, 0.4) is 0 Å². The van der Waals surface area contributed by atoms with Crippen molar-refractivity contribution in [1.82, 2.24) is 0 Å². The summed E-state index contributed by atoms with van der Waals surface area (Å²) in [6, 6.07) is 14.9. The largest absolute Gasteiger partial charge is 0.453 e. The second-order valence-corrected chi connectivity index (χ2v) is 3.81. The van der Waals surface area contributed by atoms with Crippen molar-refractivity contribution in [2.75, 3.05) is 0 Å². The molecule has 0 unspecified atom stereocenters. The van der Waals surface area contributed by atoms with Crippen molar-refractivity contribution >= 4 is 5.97 Å². The summed E-state index contributed by atoms with van der Waals surface area (Å²) in [7, 11) is 0. The van der Waals surface area contributed by atoms with Gasteiger partial charge in [-0.2, -0.15) is 0 Å². The smallest absolute Gasteiger partial charge is 0.315 e. The molecule has 2 aromatic carbocycles. The first kappa shape index (κ1) is 9.90. The van der Waals surface area contributed by atoms with E-state index < -0.39 is 0 Å². The Morgan fingerprint density at radius 2 is 1.82 bits per heavy atom. The highest BCUT2D eigenvalue weighted by Crippen LogP contribution is 2.38. The Labute approximate surface area is 98.6 Å². The monoisotopic (exact) mass is 226 g/mol. The van der Waals surface area contributed by atoms with Crippen molar-refractivity contribution in [2.24, 2.45) is 0 Å². The van der Waals surface area contributed by atoms with Gasteiger partial charge in [-0.3, -0.25) is 4.79 Å². The van der Waals surface area contributed by atoms with Crippen LogP contribution in [0.2, 0.25) is 0 Å². The van der Waals surface area contributed by atoms with E-state index in [1.54, 1.807) is 6.07 Å². The molecule has 0 N–H and O–H groups in total. The first-order chi connectivity index (χ1) is 8.33. The summed E-state index contributed by atoms with van der Waals surface area (Å²) in [4.78, 5) is 11.2. The molecule has 1 aliphatic rings. The van der Waals surface area contributed by atoms with Gasteiger partial charge in [0.15, 0.2) is 11.5 Å². The van der Waals surface area contributed by atoms with E-state index >= 15 is 0 Å². The molecule has 0 aliphatic carbocycles. The standard InChI is InChI=1S/C14H10O3/c15-13-9-10-5-4-8-12(14(10)17-13)16-11-6-2-1-3-7-11/h1-8H,9H2. The van der Waals surface area contributed by atoms with Crippen LogP contribution in [0.15, 0.2) is 48.5 Å². The van der Waals surface area contributed by atoms with Gasteiger partial charge in [0, 0.05) is 5.56 Å². The topological polar surface area (TPSA) is 35.5 Å². The summed E-state index contributed by atoms with van der Waals surface area (Å²) in [5, 5.41) is 0. The van der Waals surface area contributed by atoms with Crippen LogP contribution in [0.1, 0.15) is 5.56 Å². The predicted molar refractivity (Wildman–Crippen MR) is 62.3 cm³/mol. The number of rotatable bonds is 2. The van der Waals surface area contributed by atoms with Crippen LogP contribution in [0, 0.1) is 0 Å². The Morgan fingerprint density at radius 1 is 1.00 bits per heavy atom. The van der Waals surface area contributed by atoms with E-state index in [-0.39, 0.29) is 5.97 Å². The average Bonchev–Trinajstić information content (AvgIpc) is 2.72. The third kappa shape index (κ3) is 1.87. The molecule has 3 heteroatoms. The lowest BCUT2D eigenvalue weighted by Gasteiger charge is -2.08. The number of fused-ring (bicyclic) bond motifs is 1. The minimum atomic E-state index is -0.232. The predicted octanol–water partition coefficient (Wildman–Crippen LogP) is 2.94. The van der Waals surface area contributed by atoms with Gasteiger partial charge in [-0.1, -0.05) is 30.3 Å². The summed E-state index contributed by atoms with van der Waals surface area (Å²) in [5.74, 6) is 1.62. The van der Waals surface area contributed by atoms with Gasteiger partial charge in [0.05, 0.1) is 6.42 Å². The maximum Gasteiger partial charge on any atom is 0.315 e. The second-order valence-electron chi connectivity index (χ2n) is 3.81. The molecule has 1 aliphatic heterocycles. The molecule has 0 fully saturated rings. The van der Waals surface area contributed by atoms with E-state index in [1.165, 1.54) is 0 Å². The maximum atomic E-state index is 11.2. The number of carbonyl (C=O) groups is 1. The SMILES string of the molecule is O=C1Cc2cccc(Oc3ccccc3)c2O1. The summed E-state index contributed by atoms with van der Waals surface area (Å²) < 4.78 is 10.8. The van der Waals surface area contributed by atoms with Crippen molar-refractivity contribution < 1.29 is 14.3 Å². The fourth-order valence-electron chi connectivity index (χ4n) is 1.82. The molecule has 0 bridgehead atoms. The molecule has 0 radical (unpaired) electrons. The van der Waals surface area contributed by atoms with Crippen LogP contribution >= 0.6 is 0 Å². The maximum absolute atomic E-state index is 11.2. The van der Waals surface area contributed by atoms with Gasteiger partial charge in [-0.15, -0.1) is 0 Å². The molecule has 2 aromatic rings. The quantitative estimate of drug-likeness (QED) is 0.583. The Morgan fingerprint density at radius 3 is 2.65 bits per heavy atom.